The molecule has 0 aromatic carbocycles. The predicted octanol–water partition coefficient (Wildman–Crippen LogP) is 1.24. The van der Waals surface area contributed by atoms with Gasteiger partial charge in [0.25, 0.3) is 0 Å². The van der Waals surface area contributed by atoms with Crippen LogP contribution in [0.1, 0.15) is 20.3 Å². The molecular formula is C15H25N5O. The highest BCUT2D eigenvalue weighted by atomic mass is 16.2. The number of carbonyl (C=O) groups is 1. The minimum atomic E-state index is 0.270. The van der Waals surface area contributed by atoms with E-state index in [1.807, 2.05) is 30.0 Å². The summed E-state index contributed by atoms with van der Waals surface area (Å²) in [5.41, 5.74) is 1.07. The molecule has 0 bridgehead atoms. The van der Waals surface area contributed by atoms with Crippen molar-refractivity contribution in [2.45, 2.75) is 20.3 Å². The maximum atomic E-state index is 12.1. The second-order valence-electron chi connectivity index (χ2n) is 6.13. The predicted molar refractivity (Wildman–Crippen MR) is 84.6 cm³/mol. The van der Waals surface area contributed by atoms with E-state index in [1.165, 1.54) is 0 Å². The monoisotopic (exact) mass is 291 g/mol. The van der Waals surface area contributed by atoms with E-state index in [1.54, 1.807) is 6.20 Å². The lowest BCUT2D eigenvalue weighted by atomic mass is 10.1. The summed E-state index contributed by atoms with van der Waals surface area (Å²) < 4.78 is 0. The van der Waals surface area contributed by atoms with Gasteiger partial charge in [0.15, 0.2) is 5.82 Å². The Morgan fingerprint density at radius 1 is 1.29 bits per heavy atom. The Morgan fingerprint density at radius 3 is 2.52 bits per heavy atom. The van der Waals surface area contributed by atoms with Gasteiger partial charge in [0.2, 0.25) is 5.91 Å². The third-order valence-corrected chi connectivity index (χ3v) is 3.67. The first-order chi connectivity index (χ1) is 9.97. The van der Waals surface area contributed by atoms with Gasteiger partial charge in [-0.15, -0.1) is 5.10 Å². The Bertz CT molecular complexity index is 481. The fraction of sp³-hybridized carbons (Fsp3) is 0.667. The lowest BCUT2D eigenvalue weighted by Gasteiger charge is -2.36. The summed E-state index contributed by atoms with van der Waals surface area (Å²) in [5.74, 6) is 1.54. The number of hydrogen-bond donors (Lipinski definition) is 0. The summed E-state index contributed by atoms with van der Waals surface area (Å²) in [6.45, 7) is 7.43. The van der Waals surface area contributed by atoms with Gasteiger partial charge in [-0.3, -0.25) is 4.79 Å². The molecule has 0 saturated carbocycles. The fourth-order valence-corrected chi connectivity index (χ4v) is 2.43. The largest absolute Gasteiger partial charge is 0.367 e. The molecule has 0 atom stereocenters. The molecule has 21 heavy (non-hydrogen) atoms. The fourth-order valence-electron chi connectivity index (χ4n) is 2.43. The maximum Gasteiger partial charge on any atom is 0.222 e. The molecule has 0 N–H and O–H groups in total. The summed E-state index contributed by atoms with van der Waals surface area (Å²) in [7, 11) is 3.91. The van der Waals surface area contributed by atoms with Gasteiger partial charge in [-0.25, -0.2) is 0 Å². The first-order valence-corrected chi connectivity index (χ1v) is 7.50. The third-order valence-electron chi connectivity index (χ3n) is 3.67. The van der Waals surface area contributed by atoms with Crippen molar-refractivity contribution in [3.8, 4) is 0 Å². The van der Waals surface area contributed by atoms with Gasteiger partial charge in [-0.05, 0) is 5.92 Å². The highest BCUT2D eigenvalue weighted by Crippen LogP contribution is 2.19. The summed E-state index contributed by atoms with van der Waals surface area (Å²) in [6.07, 6.45) is 2.43. The van der Waals surface area contributed by atoms with Crippen LogP contribution in [0.5, 0.6) is 0 Å². The molecule has 1 fully saturated rings. The number of hydrogen-bond acceptors (Lipinski definition) is 5. The third kappa shape index (κ3) is 4.06. The SMILES string of the molecule is CC(C)CC(=O)N1CCN(c2cnnc(N(C)C)c2)CC1. The van der Waals surface area contributed by atoms with E-state index in [4.69, 9.17) is 0 Å². The van der Waals surface area contributed by atoms with Crippen LogP contribution in [0.3, 0.4) is 0 Å². The topological polar surface area (TPSA) is 52.6 Å². The smallest absolute Gasteiger partial charge is 0.222 e. The van der Waals surface area contributed by atoms with Crippen LogP contribution in [0.4, 0.5) is 11.5 Å². The Kier molecular flexibility index (Phi) is 4.98. The van der Waals surface area contributed by atoms with Crippen molar-refractivity contribution in [1.29, 1.82) is 0 Å². The molecule has 116 valence electrons. The molecule has 0 aliphatic carbocycles. The standard InChI is InChI=1S/C15H25N5O/c1-12(2)9-15(21)20-7-5-19(6-8-20)13-10-14(18(3)4)17-16-11-13/h10-12H,5-9H2,1-4H3. The molecule has 2 heterocycles. The van der Waals surface area contributed by atoms with Crippen LogP contribution >= 0.6 is 0 Å². The zero-order valence-electron chi connectivity index (χ0n) is 13.4. The highest BCUT2D eigenvalue weighted by Gasteiger charge is 2.22. The molecule has 1 aliphatic heterocycles. The minimum absolute atomic E-state index is 0.270. The number of anilines is 2. The molecular weight excluding hydrogens is 266 g/mol. The molecule has 1 aromatic heterocycles. The molecule has 1 saturated heterocycles. The number of nitrogens with zero attached hydrogens (tertiary/aromatic N) is 5. The Balaban J connectivity index is 1.95. The number of carbonyl (C=O) groups excluding carboxylic acids is 1. The van der Waals surface area contributed by atoms with E-state index in [0.717, 1.165) is 37.7 Å². The van der Waals surface area contributed by atoms with E-state index in [9.17, 15) is 4.79 Å². The Labute approximate surface area is 126 Å². The number of piperazine rings is 1. The summed E-state index contributed by atoms with van der Waals surface area (Å²) in [6, 6.07) is 2.04. The van der Waals surface area contributed by atoms with Crippen LogP contribution in [-0.2, 0) is 4.79 Å². The van der Waals surface area contributed by atoms with E-state index in [2.05, 4.69) is 28.9 Å². The average molecular weight is 291 g/mol. The molecule has 2 rings (SSSR count). The van der Waals surface area contributed by atoms with E-state index >= 15 is 0 Å². The molecule has 1 aliphatic rings. The minimum Gasteiger partial charge on any atom is -0.367 e. The second kappa shape index (κ2) is 6.74. The van der Waals surface area contributed by atoms with Gasteiger partial charge in [0, 0.05) is 52.8 Å². The van der Waals surface area contributed by atoms with Crippen LogP contribution < -0.4 is 9.80 Å². The van der Waals surface area contributed by atoms with Crippen molar-refractivity contribution in [1.82, 2.24) is 15.1 Å². The number of amides is 1. The van der Waals surface area contributed by atoms with Crippen LogP contribution in [0.2, 0.25) is 0 Å². The summed E-state index contributed by atoms with van der Waals surface area (Å²) in [5, 5.41) is 8.16. The van der Waals surface area contributed by atoms with Crippen molar-refractivity contribution < 1.29 is 4.79 Å². The Hall–Kier alpha value is -1.85. The van der Waals surface area contributed by atoms with Crippen molar-refractivity contribution in [3.63, 3.8) is 0 Å². The van der Waals surface area contributed by atoms with Gasteiger partial charge in [0.1, 0.15) is 0 Å². The zero-order valence-corrected chi connectivity index (χ0v) is 13.4. The molecule has 0 unspecified atom stereocenters. The normalized spacial score (nSPS) is 15.5. The van der Waals surface area contributed by atoms with Crippen LogP contribution in [0.25, 0.3) is 0 Å². The number of rotatable bonds is 4. The molecule has 0 spiro atoms. The summed E-state index contributed by atoms with van der Waals surface area (Å²) in [4.78, 5) is 18.3. The van der Waals surface area contributed by atoms with Crippen molar-refractivity contribution in [3.05, 3.63) is 12.3 Å². The molecule has 6 heteroatoms. The van der Waals surface area contributed by atoms with Gasteiger partial charge < -0.3 is 14.7 Å². The summed E-state index contributed by atoms with van der Waals surface area (Å²) >= 11 is 0. The van der Waals surface area contributed by atoms with Gasteiger partial charge in [0.05, 0.1) is 11.9 Å². The van der Waals surface area contributed by atoms with E-state index in [-0.39, 0.29) is 5.91 Å². The Morgan fingerprint density at radius 2 is 1.95 bits per heavy atom. The number of aromatic nitrogens is 2. The van der Waals surface area contributed by atoms with Crippen LogP contribution in [0, 0.1) is 5.92 Å². The molecule has 0 radical (unpaired) electrons. The van der Waals surface area contributed by atoms with Crippen molar-refractivity contribution in [2.24, 2.45) is 5.92 Å². The van der Waals surface area contributed by atoms with Crippen molar-refractivity contribution >= 4 is 17.4 Å². The highest BCUT2D eigenvalue weighted by molar-refractivity contribution is 5.76. The van der Waals surface area contributed by atoms with Gasteiger partial charge in [-0.1, -0.05) is 13.8 Å². The first-order valence-electron chi connectivity index (χ1n) is 7.50. The van der Waals surface area contributed by atoms with E-state index in [0.29, 0.717) is 12.3 Å². The van der Waals surface area contributed by atoms with Crippen LogP contribution in [0.15, 0.2) is 12.3 Å². The lowest BCUT2D eigenvalue weighted by molar-refractivity contribution is -0.132. The first kappa shape index (κ1) is 15.5. The van der Waals surface area contributed by atoms with Crippen molar-refractivity contribution in [2.75, 3.05) is 50.1 Å². The van der Waals surface area contributed by atoms with Gasteiger partial charge in [-0.2, -0.15) is 5.10 Å². The zero-order chi connectivity index (χ0) is 15.4. The van der Waals surface area contributed by atoms with Crippen LogP contribution in [-0.4, -0.2) is 61.3 Å². The lowest BCUT2D eigenvalue weighted by Crippen LogP contribution is -2.49. The maximum absolute atomic E-state index is 12.1. The molecule has 1 aromatic rings. The van der Waals surface area contributed by atoms with Gasteiger partial charge >= 0.3 is 0 Å². The van der Waals surface area contributed by atoms with E-state index < -0.39 is 0 Å². The molecule has 1 amide bonds. The quantitative estimate of drug-likeness (QED) is 0.835. The average Bonchev–Trinajstić information content (AvgIpc) is 2.47. The molecule has 6 nitrogen and oxygen atoms in total. The second-order valence-corrected chi connectivity index (χ2v) is 6.13.